The Bertz CT molecular complexity index is 1770. The third-order valence-electron chi connectivity index (χ3n) is 8.04. The molecule has 2 N–H and O–H groups in total. The molecule has 0 aliphatic carbocycles. The number of carbonyl (C=O) groups excluding carboxylic acids is 2. The Hall–Kier alpha value is -4.70. The van der Waals surface area contributed by atoms with Crippen molar-refractivity contribution in [2.75, 3.05) is 17.2 Å². The molecule has 0 saturated heterocycles. The zero-order chi connectivity index (χ0) is 30.8. The van der Waals surface area contributed by atoms with E-state index in [-0.39, 0.29) is 46.9 Å². The van der Waals surface area contributed by atoms with Gasteiger partial charge >= 0.3 is 0 Å². The van der Waals surface area contributed by atoms with Gasteiger partial charge in [0, 0.05) is 48.4 Å². The van der Waals surface area contributed by atoms with E-state index in [0.29, 0.717) is 42.3 Å². The molecule has 0 unspecified atom stereocenters. The van der Waals surface area contributed by atoms with Crippen molar-refractivity contribution in [2.45, 2.75) is 38.6 Å². The summed E-state index contributed by atoms with van der Waals surface area (Å²) in [4.78, 5) is 41.6. The summed E-state index contributed by atoms with van der Waals surface area (Å²) in [5.74, 6) is -1.97. The predicted octanol–water partition coefficient (Wildman–Crippen LogP) is 7.33. The van der Waals surface area contributed by atoms with Crippen molar-refractivity contribution in [2.24, 2.45) is 5.92 Å². The van der Waals surface area contributed by atoms with Gasteiger partial charge < -0.3 is 15.5 Å². The van der Waals surface area contributed by atoms with Gasteiger partial charge in [-0.15, -0.1) is 0 Å². The predicted molar refractivity (Wildman–Crippen MR) is 165 cm³/mol. The van der Waals surface area contributed by atoms with Gasteiger partial charge in [0.15, 0.2) is 5.82 Å². The van der Waals surface area contributed by atoms with Crippen LogP contribution in [-0.2, 0) is 9.59 Å². The van der Waals surface area contributed by atoms with Gasteiger partial charge in [0.2, 0.25) is 17.8 Å². The second-order valence-corrected chi connectivity index (χ2v) is 11.3. The minimum Gasteiger partial charge on any atom is -0.330 e. The van der Waals surface area contributed by atoms with Gasteiger partial charge in [0.1, 0.15) is 5.82 Å². The summed E-state index contributed by atoms with van der Waals surface area (Å²) >= 11 is 5.91. The third-order valence-corrected chi connectivity index (χ3v) is 8.33. The van der Waals surface area contributed by atoms with Crippen LogP contribution < -0.4 is 10.6 Å². The number of benzene rings is 2. The van der Waals surface area contributed by atoms with Crippen LogP contribution in [0.1, 0.15) is 49.9 Å². The molecule has 2 amide bonds. The Labute approximate surface area is 258 Å². The Balaban J connectivity index is 1.36. The number of pyridine rings is 1. The van der Waals surface area contributed by atoms with Crippen LogP contribution in [-0.4, -0.2) is 38.2 Å². The molecule has 11 heteroatoms. The van der Waals surface area contributed by atoms with E-state index in [4.69, 9.17) is 11.6 Å². The summed E-state index contributed by atoms with van der Waals surface area (Å²) in [5, 5.41) is 6.06. The smallest absolute Gasteiger partial charge is 0.247 e. The first kappa shape index (κ1) is 29.4. The number of rotatable bonds is 4. The van der Waals surface area contributed by atoms with Crippen LogP contribution in [0.15, 0.2) is 73.2 Å². The van der Waals surface area contributed by atoms with Crippen molar-refractivity contribution >= 4 is 46.3 Å². The second kappa shape index (κ2) is 12.5. The highest BCUT2D eigenvalue weighted by molar-refractivity contribution is 6.31. The van der Waals surface area contributed by atoms with Gasteiger partial charge in [0.05, 0.1) is 28.0 Å². The lowest BCUT2D eigenvalue weighted by Gasteiger charge is -2.34. The summed E-state index contributed by atoms with van der Waals surface area (Å²) in [6, 6.07) is 13.0. The number of fused-ring (bicyclic) bond motifs is 4. The van der Waals surface area contributed by atoms with Crippen LogP contribution >= 0.6 is 11.6 Å². The molecule has 2 aromatic heterocycles. The summed E-state index contributed by atoms with van der Waals surface area (Å²) in [7, 11) is 0. The molecule has 0 fully saturated rings. The SMILES string of the molecule is C[C@@H]1CCC[C@H](N2CCC(c3c(F)ccc(Cl)c3F)=CC2=O)c2cc(ccn2)-c2ccc(Nc3ncccn3)cc2NC1=O. The van der Waals surface area contributed by atoms with Crippen LogP contribution in [0.5, 0.6) is 0 Å². The largest absolute Gasteiger partial charge is 0.330 e. The molecular formula is C33H29ClF2N6O2. The fourth-order valence-corrected chi connectivity index (χ4v) is 5.88. The molecule has 6 rings (SSSR count). The van der Waals surface area contributed by atoms with Gasteiger partial charge in [-0.1, -0.05) is 31.0 Å². The van der Waals surface area contributed by atoms with E-state index < -0.39 is 17.7 Å². The van der Waals surface area contributed by atoms with Crippen molar-refractivity contribution < 1.29 is 18.4 Å². The maximum Gasteiger partial charge on any atom is 0.247 e. The molecule has 8 nitrogen and oxygen atoms in total. The van der Waals surface area contributed by atoms with Crippen molar-refractivity contribution in [3.63, 3.8) is 0 Å². The fourth-order valence-electron chi connectivity index (χ4n) is 5.72. The molecule has 0 saturated carbocycles. The maximum absolute atomic E-state index is 14.8. The van der Waals surface area contributed by atoms with Crippen molar-refractivity contribution in [1.82, 2.24) is 19.9 Å². The number of anilines is 3. The van der Waals surface area contributed by atoms with E-state index in [1.54, 1.807) is 29.6 Å². The van der Waals surface area contributed by atoms with E-state index in [2.05, 4.69) is 25.6 Å². The molecule has 2 bridgehead atoms. The van der Waals surface area contributed by atoms with Gasteiger partial charge in [-0.25, -0.2) is 18.7 Å². The molecule has 44 heavy (non-hydrogen) atoms. The number of halogens is 3. The van der Waals surface area contributed by atoms with E-state index in [1.807, 2.05) is 37.3 Å². The molecule has 0 spiro atoms. The van der Waals surface area contributed by atoms with E-state index >= 15 is 0 Å². The highest BCUT2D eigenvalue weighted by Crippen LogP contribution is 2.38. The van der Waals surface area contributed by atoms with Crippen molar-refractivity contribution in [3.05, 3.63) is 101 Å². The first-order valence-electron chi connectivity index (χ1n) is 14.4. The van der Waals surface area contributed by atoms with E-state index in [1.165, 1.54) is 6.08 Å². The normalized spacial score (nSPS) is 18.8. The topological polar surface area (TPSA) is 100 Å². The molecule has 0 radical (unpaired) electrons. The highest BCUT2D eigenvalue weighted by Gasteiger charge is 2.31. The number of aromatic nitrogens is 3. The Morgan fingerprint density at radius 3 is 2.61 bits per heavy atom. The molecule has 4 aromatic rings. The number of hydrogen-bond donors (Lipinski definition) is 2. The van der Waals surface area contributed by atoms with Gasteiger partial charge in [-0.3, -0.25) is 14.6 Å². The lowest BCUT2D eigenvalue weighted by Crippen LogP contribution is -2.38. The van der Waals surface area contributed by atoms with Gasteiger partial charge in [-0.2, -0.15) is 0 Å². The van der Waals surface area contributed by atoms with Crippen LogP contribution in [0, 0.1) is 17.6 Å². The average Bonchev–Trinajstić information content (AvgIpc) is 3.02. The van der Waals surface area contributed by atoms with E-state index in [0.717, 1.165) is 23.3 Å². The average molecular weight is 615 g/mol. The first-order chi connectivity index (χ1) is 21.3. The van der Waals surface area contributed by atoms with Gasteiger partial charge in [0.25, 0.3) is 0 Å². The minimum absolute atomic E-state index is 0.113. The summed E-state index contributed by atoms with van der Waals surface area (Å²) in [5.41, 5.74) is 3.61. The molecule has 224 valence electrons. The van der Waals surface area contributed by atoms with Crippen molar-refractivity contribution in [3.8, 4) is 11.1 Å². The van der Waals surface area contributed by atoms with Crippen LogP contribution in [0.2, 0.25) is 5.02 Å². The van der Waals surface area contributed by atoms with Crippen LogP contribution in [0.25, 0.3) is 16.7 Å². The van der Waals surface area contributed by atoms with E-state index in [9.17, 15) is 18.4 Å². The lowest BCUT2D eigenvalue weighted by atomic mass is 9.92. The fraction of sp³-hybridized carbons (Fsp3) is 0.242. The molecule has 2 atom stereocenters. The molecule has 2 aliphatic heterocycles. The molecular weight excluding hydrogens is 586 g/mol. The number of nitrogens with one attached hydrogen (secondary N) is 2. The van der Waals surface area contributed by atoms with Crippen molar-refractivity contribution in [1.29, 1.82) is 0 Å². The zero-order valence-corrected chi connectivity index (χ0v) is 24.6. The quantitative estimate of drug-likeness (QED) is 0.234. The van der Waals surface area contributed by atoms with Gasteiger partial charge in [-0.05, 0) is 72.9 Å². The summed E-state index contributed by atoms with van der Waals surface area (Å²) in [6.45, 7) is 2.12. The molecule has 2 aliphatic rings. The van der Waals surface area contributed by atoms with Crippen LogP contribution in [0.4, 0.5) is 26.1 Å². The Morgan fingerprint density at radius 1 is 1.00 bits per heavy atom. The monoisotopic (exact) mass is 614 g/mol. The lowest BCUT2D eigenvalue weighted by molar-refractivity contribution is -0.129. The summed E-state index contributed by atoms with van der Waals surface area (Å²) in [6.07, 6.45) is 8.32. The Kier molecular flexibility index (Phi) is 8.34. The highest BCUT2D eigenvalue weighted by atomic mass is 35.5. The Morgan fingerprint density at radius 2 is 1.82 bits per heavy atom. The first-order valence-corrected chi connectivity index (χ1v) is 14.8. The van der Waals surface area contributed by atoms with Crippen LogP contribution in [0.3, 0.4) is 0 Å². The summed E-state index contributed by atoms with van der Waals surface area (Å²) < 4.78 is 29.4. The second-order valence-electron chi connectivity index (χ2n) is 10.9. The third kappa shape index (κ3) is 6.03. The number of nitrogens with zero attached hydrogens (tertiary/aromatic N) is 4. The maximum atomic E-state index is 14.8. The standard InChI is InChI=1S/C33H29ClF2N6O2/c1-19-4-2-5-28(42-15-11-21(17-29(42)43)30-25(35)9-8-24(34)31(30)36)27-16-20(10-14-37-27)23-7-6-22(18-26(23)41-32(19)44)40-33-38-12-3-13-39-33/h3,6-10,12-14,16-19,28H,2,4-5,11,15H2,1H3,(H,41,44)(H,38,39,40)/t19-,28+/m1/s1. The number of hydrogen-bond acceptors (Lipinski definition) is 6. The molecule has 2 aromatic carbocycles. The minimum atomic E-state index is -0.875. The number of amides is 2. The zero-order valence-electron chi connectivity index (χ0n) is 23.9. The molecule has 4 heterocycles. The number of carbonyl (C=O) groups is 2.